The van der Waals surface area contributed by atoms with Crippen molar-refractivity contribution in [3.63, 3.8) is 0 Å². The highest BCUT2D eigenvalue weighted by atomic mass is 79.9. The van der Waals surface area contributed by atoms with E-state index in [2.05, 4.69) is 21.0 Å². The van der Waals surface area contributed by atoms with Gasteiger partial charge in [-0.05, 0) is 37.3 Å². The first-order chi connectivity index (χ1) is 10.6. The van der Waals surface area contributed by atoms with Gasteiger partial charge >= 0.3 is 0 Å². The second-order valence-electron chi connectivity index (χ2n) is 5.03. The van der Waals surface area contributed by atoms with Crippen molar-refractivity contribution in [1.29, 1.82) is 0 Å². The molecule has 0 saturated heterocycles. The normalized spacial score (nSPS) is 10.6. The van der Waals surface area contributed by atoms with E-state index in [1.165, 1.54) is 6.20 Å². The van der Waals surface area contributed by atoms with Gasteiger partial charge in [0.05, 0.1) is 17.4 Å². The third kappa shape index (κ3) is 2.67. The molecule has 5 heteroatoms. The standard InChI is InChI=1S/C17H14BrN3O/c1-11-3-2-4-12(9-11)16(22)15-10-20-21(17(15)19)14-7-5-13(18)6-8-14/h2-10H,19H2,1H3. The summed E-state index contributed by atoms with van der Waals surface area (Å²) < 4.78 is 2.54. The molecule has 0 aliphatic carbocycles. The third-order valence-corrected chi connectivity index (χ3v) is 3.93. The largest absolute Gasteiger partial charge is 0.383 e. The Balaban J connectivity index is 2.00. The molecule has 0 aliphatic heterocycles. The molecule has 3 rings (SSSR count). The second-order valence-corrected chi connectivity index (χ2v) is 5.95. The van der Waals surface area contributed by atoms with E-state index in [9.17, 15) is 4.79 Å². The smallest absolute Gasteiger partial charge is 0.198 e. The second kappa shape index (κ2) is 5.77. The third-order valence-electron chi connectivity index (χ3n) is 3.40. The van der Waals surface area contributed by atoms with E-state index in [1.54, 1.807) is 10.7 Å². The number of nitrogen functional groups attached to an aromatic ring is 1. The van der Waals surface area contributed by atoms with Crippen molar-refractivity contribution >= 4 is 27.5 Å². The number of anilines is 1. The zero-order chi connectivity index (χ0) is 15.7. The van der Waals surface area contributed by atoms with E-state index < -0.39 is 0 Å². The number of hydrogen-bond donors (Lipinski definition) is 1. The Hall–Kier alpha value is -2.40. The van der Waals surface area contributed by atoms with Crippen LogP contribution in [0.4, 0.5) is 5.82 Å². The molecule has 3 aromatic rings. The highest BCUT2D eigenvalue weighted by molar-refractivity contribution is 9.10. The number of ketones is 1. The molecule has 0 fully saturated rings. The van der Waals surface area contributed by atoms with Crippen molar-refractivity contribution < 1.29 is 4.79 Å². The predicted octanol–water partition coefficient (Wildman–Crippen LogP) is 3.76. The van der Waals surface area contributed by atoms with Crippen LogP contribution in [0.5, 0.6) is 0 Å². The monoisotopic (exact) mass is 355 g/mol. The van der Waals surface area contributed by atoms with Gasteiger partial charge in [0.1, 0.15) is 5.82 Å². The summed E-state index contributed by atoms with van der Waals surface area (Å²) in [7, 11) is 0. The van der Waals surface area contributed by atoms with Gasteiger partial charge in [0.2, 0.25) is 0 Å². The molecule has 1 heterocycles. The van der Waals surface area contributed by atoms with Crippen molar-refractivity contribution in [2.75, 3.05) is 5.73 Å². The van der Waals surface area contributed by atoms with Crippen LogP contribution in [0.1, 0.15) is 21.5 Å². The molecular weight excluding hydrogens is 342 g/mol. The van der Waals surface area contributed by atoms with Gasteiger partial charge in [-0.25, -0.2) is 4.68 Å². The molecule has 0 aliphatic rings. The maximum Gasteiger partial charge on any atom is 0.198 e. The first-order valence-electron chi connectivity index (χ1n) is 6.77. The Morgan fingerprint density at radius 1 is 1.18 bits per heavy atom. The minimum absolute atomic E-state index is 0.121. The molecule has 0 spiro atoms. The molecule has 0 unspecified atom stereocenters. The summed E-state index contributed by atoms with van der Waals surface area (Å²) in [5, 5.41) is 4.24. The molecule has 0 saturated carbocycles. The van der Waals surface area contributed by atoms with Crippen molar-refractivity contribution in [2.24, 2.45) is 0 Å². The molecule has 1 aromatic heterocycles. The molecular formula is C17H14BrN3O. The number of aromatic nitrogens is 2. The number of hydrogen-bond acceptors (Lipinski definition) is 3. The van der Waals surface area contributed by atoms with Crippen LogP contribution in [0, 0.1) is 6.92 Å². The van der Waals surface area contributed by atoms with Gasteiger partial charge in [-0.1, -0.05) is 39.7 Å². The number of nitrogens with two attached hydrogens (primary N) is 1. The predicted molar refractivity (Wildman–Crippen MR) is 90.3 cm³/mol. The summed E-state index contributed by atoms with van der Waals surface area (Å²) in [6.07, 6.45) is 1.52. The number of nitrogens with zero attached hydrogens (tertiary/aromatic N) is 2. The lowest BCUT2D eigenvalue weighted by atomic mass is 10.0. The van der Waals surface area contributed by atoms with Gasteiger partial charge in [-0.15, -0.1) is 0 Å². The van der Waals surface area contributed by atoms with Gasteiger partial charge < -0.3 is 5.73 Å². The SMILES string of the molecule is Cc1cccc(C(=O)c2cnn(-c3ccc(Br)cc3)c2N)c1. The first-order valence-corrected chi connectivity index (χ1v) is 7.56. The fourth-order valence-electron chi connectivity index (χ4n) is 2.26. The fraction of sp³-hybridized carbons (Fsp3) is 0.0588. The maximum atomic E-state index is 12.6. The van der Waals surface area contributed by atoms with Crippen LogP contribution in [0.2, 0.25) is 0 Å². The molecule has 2 N–H and O–H groups in total. The summed E-state index contributed by atoms with van der Waals surface area (Å²) in [5.74, 6) is 0.221. The van der Waals surface area contributed by atoms with Gasteiger partial charge in [0.25, 0.3) is 0 Å². The number of halogens is 1. The molecule has 2 aromatic carbocycles. The van der Waals surface area contributed by atoms with Crippen molar-refractivity contribution in [3.05, 3.63) is 75.9 Å². The number of aryl methyl sites for hydroxylation is 1. The lowest BCUT2D eigenvalue weighted by Crippen LogP contribution is -2.07. The summed E-state index contributed by atoms with van der Waals surface area (Å²) in [6, 6.07) is 15.0. The van der Waals surface area contributed by atoms with Crippen LogP contribution in [-0.2, 0) is 0 Å². The van der Waals surface area contributed by atoms with E-state index in [-0.39, 0.29) is 5.78 Å². The van der Waals surface area contributed by atoms with E-state index in [0.717, 1.165) is 15.7 Å². The Morgan fingerprint density at radius 3 is 2.59 bits per heavy atom. The Labute approximate surface area is 136 Å². The van der Waals surface area contributed by atoms with Crippen LogP contribution in [0.25, 0.3) is 5.69 Å². The lowest BCUT2D eigenvalue weighted by molar-refractivity contribution is 0.103. The molecule has 0 amide bonds. The molecule has 4 nitrogen and oxygen atoms in total. The van der Waals surface area contributed by atoms with Gasteiger partial charge in [0.15, 0.2) is 5.78 Å². The molecule has 0 atom stereocenters. The molecule has 0 bridgehead atoms. The highest BCUT2D eigenvalue weighted by Crippen LogP contribution is 2.21. The number of benzene rings is 2. The number of carbonyl (C=O) groups excluding carboxylic acids is 1. The van der Waals surface area contributed by atoms with E-state index in [1.807, 2.05) is 49.4 Å². The highest BCUT2D eigenvalue weighted by Gasteiger charge is 2.17. The van der Waals surface area contributed by atoms with Crippen LogP contribution < -0.4 is 5.73 Å². The first kappa shape index (κ1) is 14.5. The van der Waals surface area contributed by atoms with Crippen LogP contribution in [-0.4, -0.2) is 15.6 Å². The Morgan fingerprint density at radius 2 is 1.91 bits per heavy atom. The van der Waals surface area contributed by atoms with Crippen LogP contribution in [0.15, 0.2) is 59.2 Å². The molecule has 110 valence electrons. The van der Waals surface area contributed by atoms with Gasteiger partial charge in [0, 0.05) is 10.0 Å². The van der Waals surface area contributed by atoms with Gasteiger partial charge in [-0.2, -0.15) is 5.10 Å². The average molecular weight is 356 g/mol. The van der Waals surface area contributed by atoms with Crippen molar-refractivity contribution in [1.82, 2.24) is 9.78 Å². The van der Waals surface area contributed by atoms with Crippen molar-refractivity contribution in [3.8, 4) is 5.69 Å². The number of rotatable bonds is 3. The molecule has 0 radical (unpaired) electrons. The lowest BCUT2D eigenvalue weighted by Gasteiger charge is -2.05. The zero-order valence-electron chi connectivity index (χ0n) is 12.0. The summed E-state index contributed by atoms with van der Waals surface area (Å²) >= 11 is 3.39. The summed E-state index contributed by atoms with van der Waals surface area (Å²) in [6.45, 7) is 1.95. The van der Waals surface area contributed by atoms with Crippen LogP contribution in [0.3, 0.4) is 0 Å². The van der Waals surface area contributed by atoms with Crippen molar-refractivity contribution in [2.45, 2.75) is 6.92 Å². The quantitative estimate of drug-likeness (QED) is 0.727. The minimum atomic E-state index is -0.121. The maximum absolute atomic E-state index is 12.6. The summed E-state index contributed by atoms with van der Waals surface area (Å²) in [5.41, 5.74) is 8.98. The van der Waals surface area contributed by atoms with Crippen LogP contribution >= 0.6 is 15.9 Å². The number of carbonyl (C=O) groups is 1. The van der Waals surface area contributed by atoms with E-state index in [0.29, 0.717) is 16.9 Å². The topological polar surface area (TPSA) is 60.9 Å². The summed E-state index contributed by atoms with van der Waals surface area (Å²) in [4.78, 5) is 12.6. The molecule has 22 heavy (non-hydrogen) atoms. The minimum Gasteiger partial charge on any atom is -0.383 e. The Bertz CT molecular complexity index is 837. The Kier molecular flexibility index (Phi) is 3.81. The van der Waals surface area contributed by atoms with E-state index in [4.69, 9.17) is 5.73 Å². The zero-order valence-corrected chi connectivity index (χ0v) is 13.5. The van der Waals surface area contributed by atoms with Gasteiger partial charge in [-0.3, -0.25) is 4.79 Å². The average Bonchev–Trinajstić information content (AvgIpc) is 2.89. The fourth-order valence-corrected chi connectivity index (χ4v) is 2.53. The van der Waals surface area contributed by atoms with E-state index >= 15 is 0 Å².